The summed E-state index contributed by atoms with van der Waals surface area (Å²) in [6.07, 6.45) is 1.49. The van der Waals surface area contributed by atoms with Crippen molar-refractivity contribution in [2.45, 2.75) is 13.0 Å². The summed E-state index contributed by atoms with van der Waals surface area (Å²) in [5.74, 6) is 0.465. The molecule has 2 rings (SSSR count). The lowest BCUT2D eigenvalue weighted by molar-refractivity contribution is 0.859. The Balaban J connectivity index is 2.25. The second-order valence-electron chi connectivity index (χ2n) is 3.79. The zero-order chi connectivity index (χ0) is 13.0. The Morgan fingerprint density at radius 1 is 1.33 bits per heavy atom. The van der Waals surface area contributed by atoms with Crippen molar-refractivity contribution in [2.75, 3.05) is 5.32 Å². The fourth-order valence-electron chi connectivity index (χ4n) is 1.64. The Bertz CT molecular complexity index is 592. The van der Waals surface area contributed by atoms with Crippen LogP contribution >= 0.6 is 11.6 Å². The molecule has 0 amide bonds. The van der Waals surface area contributed by atoms with Gasteiger partial charge in [-0.05, 0) is 24.6 Å². The first kappa shape index (κ1) is 12.3. The fourth-order valence-corrected chi connectivity index (χ4v) is 1.94. The van der Waals surface area contributed by atoms with Crippen LogP contribution in [0.1, 0.15) is 24.1 Å². The molecule has 0 aliphatic heterocycles. The number of benzene rings is 1. The van der Waals surface area contributed by atoms with Gasteiger partial charge in [-0.1, -0.05) is 29.8 Å². The molecule has 0 saturated carbocycles. The zero-order valence-electron chi connectivity index (χ0n) is 9.76. The summed E-state index contributed by atoms with van der Waals surface area (Å²) in [5.41, 5.74) is 1.41. The minimum Gasteiger partial charge on any atom is -0.361 e. The molecule has 4 nitrogen and oxygen atoms in total. The third-order valence-electron chi connectivity index (χ3n) is 2.57. The number of anilines is 1. The van der Waals surface area contributed by atoms with E-state index >= 15 is 0 Å². The highest BCUT2D eigenvalue weighted by atomic mass is 35.5. The molecule has 1 aromatic heterocycles. The number of nitrogens with zero attached hydrogens (tertiary/aromatic N) is 3. The molecule has 0 radical (unpaired) electrons. The van der Waals surface area contributed by atoms with E-state index in [4.69, 9.17) is 16.9 Å². The molecule has 1 aromatic carbocycles. The number of rotatable bonds is 3. The summed E-state index contributed by atoms with van der Waals surface area (Å²) in [5, 5.41) is 20.5. The van der Waals surface area contributed by atoms with Gasteiger partial charge in [-0.15, -0.1) is 5.10 Å². The zero-order valence-corrected chi connectivity index (χ0v) is 10.5. The highest BCUT2D eigenvalue weighted by molar-refractivity contribution is 6.31. The third kappa shape index (κ3) is 2.58. The van der Waals surface area contributed by atoms with Crippen molar-refractivity contribution in [1.82, 2.24) is 10.2 Å². The third-order valence-corrected chi connectivity index (χ3v) is 2.91. The van der Waals surface area contributed by atoms with Gasteiger partial charge in [0.05, 0.1) is 17.8 Å². The molecule has 90 valence electrons. The van der Waals surface area contributed by atoms with Crippen molar-refractivity contribution in [3.63, 3.8) is 0 Å². The van der Waals surface area contributed by atoms with Crippen LogP contribution in [0.3, 0.4) is 0 Å². The maximum Gasteiger partial charge on any atom is 0.167 e. The summed E-state index contributed by atoms with van der Waals surface area (Å²) in [6.45, 7) is 1.96. The van der Waals surface area contributed by atoms with Crippen molar-refractivity contribution < 1.29 is 0 Å². The van der Waals surface area contributed by atoms with E-state index in [1.165, 1.54) is 6.20 Å². The molecule has 0 aliphatic rings. The Morgan fingerprint density at radius 3 is 2.83 bits per heavy atom. The van der Waals surface area contributed by atoms with Crippen LogP contribution in [0.4, 0.5) is 5.82 Å². The predicted molar refractivity (Wildman–Crippen MR) is 70.2 cm³/mol. The van der Waals surface area contributed by atoms with E-state index in [9.17, 15) is 0 Å². The summed E-state index contributed by atoms with van der Waals surface area (Å²) in [6, 6.07) is 11.2. The number of halogens is 1. The fraction of sp³-hybridized carbons (Fsp3) is 0.154. The van der Waals surface area contributed by atoms with Crippen LogP contribution in [0.25, 0.3) is 0 Å². The highest BCUT2D eigenvalue weighted by Gasteiger charge is 2.11. The van der Waals surface area contributed by atoms with Crippen LogP contribution in [0.15, 0.2) is 36.5 Å². The summed E-state index contributed by atoms with van der Waals surface area (Å²) in [7, 11) is 0. The standard InChI is InChI=1S/C13H11ClN4/c1-9(11-4-2-3-5-12(11)14)17-13-10(8-15)6-7-16-18-13/h2-7,9H,1H3,(H,17,18). The van der Waals surface area contributed by atoms with Gasteiger partial charge in [-0.3, -0.25) is 0 Å². The number of aromatic nitrogens is 2. The molecule has 1 heterocycles. The number of hydrogen-bond donors (Lipinski definition) is 1. The molecular weight excluding hydrogens is 248 g/mol. The van der Waals surface area contributed by atoms with Crippen LogP contribution in [0.5, 0.6) is 0 Å². The molecule has 18 heavy (non-hydrogen) atoms. The largest absolute Gasteiger partial charge is 0.361 e. The van der Waals surface area contributed by atoms with Crippen molar-refractivity contribution in [3.8, 4) is 6.07 Å². The van der Waals surface area contributed by atoms with Gasteiger partial charge >= 0.3 is 0 Å². The average molecular weight is 259 g/mol. The molecular formula is C13H11ClN4. The van der Waals surface area contributed by atoms with Gasteiger partial charge in [0.2, 0.25) is 0 Å². The normalized spacial score (nSPS) is 11.6. The Hall–Kier alpha value is -2.12. The van der Waals surface area contributed by atoms with E-state index in [0.717, 1.165) is 5.56 Å². The Labute approximate surface area is 110 Å². The quantitative estimate of drug-likeness (QED) is 0.919. The maximum absolute atomic E-state index is 8.97. The van der Waals surface area contributed by atoms with Crippen LogP contribution in [0, 0.1) is 11.3 Å². The predicted octanol–water partition coefficient (Wildman–Crippen LogP) is 3.17. The van der Waals surface area contributed by atoms with Crippen molar-refractivity contribution in [3.05, 3.63) is 52.7 Å². The van der Waals surface area contributed by atoms with Gasteiger partial charge in [0.15, 0.2) is 5.82 Å². The van der Waals surface area contributed by atoms with E-state index < -0.39 is 0 Å². The number of nitriles is 1. The lowest BCUT2D eigenvalue weighted by atomic mass is 10.1. The molecule has 0 aliphatic carbocycles. The van der Waals surface area contributed by atoms with Crippen molar-refractivity contribution in [2.24, 2.45) is 0 Å². The van der Waals surface area contributed by atoms with Crippen molar-refractivity contribution in [1.29, 1.82) is 5.26 Å². The van der Waals surface area contributed by atoms with Gasteiger partial charge in [-0.2, -0.15) is 10.4 Å². The van der Waals surface area contributed by atoms with Crippen LogP contribution in [-0.4, -0.2) is 10.2 Å². The van der Waals surface area contributed by atoms with Gasteiger partial charge in [0, 0.05) is 5.02 Å². The van der Waals surface area contributed by atoms with Gasteiger partial charge < -0.3 is 5.32 Å². The van der Waals surface area contributed by atoms with Crippen LogP contribution < -0.4 is 5.32 Å². The first-order valence-electron chi connectivity index (χ1n) is 5.45. The van der Waals surface area contributed by atoms with E-state index in [1.54, 1.807) is 6.07 Å². The lowest BCUT2D eigenvalue weighted by Crippen LogP contribution is -2.10. The summed E-state index contributed by atoms with van der Waals surface area (Å²) < 4.78 is 0. The molecule has 1 atom stereocenters. The van der Waals surface area contributed by atoms with Crippen LogP contribution in [-0.2, 0) is 0 Å². The monoisotopic (exact) mass is 258 g/mol. The smallest absolute Gasteiger partial charge is 0.167 e. The van der Waals surface area contributed by atoms with Gasteiger partial charge in [0.1, 0.15) is 6.07 Å². The minimum atomic E-state index is -0.0532. The molecule has 0 spiro atoms. The number of hydrogen-bond acceptors (Lipinski definition) is 4. The molecule has 0 bridgehead atoms. The van der Waals surface area contributed by atoms with E-state index in [0.29, 0.717) is 16.4 Å². The average Bonchev–Trinajstić information content (AvgIpc) is 2.39. The second-order valence-corrected chi connectivity index (χ2v) is 4.20. The van der Waals surface area contributed by atoms with E-state index in [-0.39, 0.29) is 6.04 Å². The molecule has 0 fully saturated rings. The molecule has 1 unspecified atom stereocenters. The number of nitrogens with one attached hydrogen (secondary N) is 1. The van der Waals surface area contributed by atoms with Crippen LogP contribution in [0.2, 0.25) is 5.02 Å². The van der Waals surface area contributed by atoms with E-state index in [1.807, 2.05) is 31.2 Å². The molecule has 5 heteroatoms. The summed E-state index contributed by atoms with van der Waals surface area (Å²) in [4.78, 5) is 0. The molecule has 1 N–H and O–H groups in total. The SMILES string of the molecule is CC(Nc1nnccc1C#N)c1ccccc1Cl. The van der Waals surface area contributed by atoms with E-state index in [2.05, 4.69) is 21.6 Å². The molecule has 2 aromatic rings. The first-order valence-corrected chi connectivity index (χ1v) is 5.83. The second kappa shape index (κ2) is 5.48. The maximum atomic E-state index is 8.97. The molecule has 0 saturated heterocycles. The highest BCUT2D eigenvalue weighted by Crippen LogP contribution is 2.25. The lowest BCUT2D eigenvalue weighted by Gasteiger charge is -2.16. The van der Waals surface area contributed by atoms with Gasteiger partial charge in [0.25, 0.3) is 0 Å². The Kier molecular flexibility index (Phi) is 3.75. The summed E-state index contributed by atoms with van der Waals surface area (Å²) >= 11 is 6.12. The van der Waals surface area contributed by atoms with Crippen molar-refractivity contribution >= 4 is 17.4 Å². The topological polar surface area (TPSA) is 61.6 Å². The Morgan fingerprint density at radius 2 is 2.11 bits per heavy atom. The first-order chi connectivity index (χ1) is 8.72. The van der Waals surface area contributed by atoms with Gasteiger partial charge in [-0.25, -0.2) is 0 Å². The minimum absolute atomic E-state index is 0.0532.